The summed E-state index contributed by atoms with van der Waals surface area (Å²) in [6, 6.07) is 0. The van der Waals surface area contributed by atoms with E-state index in [0.717, 1.165) is 19.6 Å². The molecule has 2 nitrogen and oxygen atoms in total. The molecule has 98 valence electrons. The van der Waals surface area contributed by atoms with Crippen molar-refractivity contribution in [1.82, 2.24) is 10.2 Å². The molecule has 0 radical (unpaired) electrons. The molecule has 0 amide bonds. The van der Waals surface area contributed by atoms with E-state index < -0.39 is 5.92 Å². The third-order valence-corrected chi connectivity index (χ3v) is 3.80. The Morgan fingerprint density at radius 1 is 1.06 bits per heavy atom. The minimum Gasteiger partial charge on any atom is -0.314 e. The first-order chi connectivity index (χ1) is 6.54. The first kappa shape index (κ1) is 16.4. The van der Waals surface area contributed by atoms with E-state index in [1.807, 2.05) is 0 Å². The maximum Gasteiger partial charge on any atom is 0.248 e. The van der Waals surface area contributed by atoms with E-state index in [4.69, 9.17) is 0 Å². The molecule has 1 saturated heterocycles. The van der Waals surface area contributed by atoms with E-state index in [1.54, 1.807) is 0 Å². The van der Waals surface area contributed by atoms with E-state index in [9.17, 15) is 8.78 Å². The number of nitrogens with zero attached hydrogens (tertiary/aromatic N) is 1. The molecule has 0 aromatic rings. The van der Waals surface area contributed by atoms with Gasteiger partial charge >= 0.3 is 0 Å². The van der Waals surface area contributed by atoms with Crippen LogP contribution in [-0.2, 0) is 0 Å². The highest BCUT2D eigenvalue weighted by Gasteiger charge is 2.46. The quantitative estimate of drug-likeness (QED) is 0.731. The Morgan fingerprint density at radius 3 is 2.12 bits per heavy atom. The van der Waals surface area contributed by atoms with Crippen molar-refractivity contribution in [1.29, 1.82) is 0 Å². The summed E-state index contributed by atoms with van der Waals surface area (Å²) in [5, 5.41) is 3.32. The fourth-order valence-electron chi connectivity index (χ4n) is 2.58. The van der Waals surface area contributed by atoms with Gasteiger partial charge in [-0.25, -0.2) is 8.78 Å². The van der Waals surface area contributed by atoms with Gasteiger partial charge in [-0.05, 0) is 19.9 Å². The van der Waals surface area contributed by atoms with Gasteiger partial charge in [-0.2, -0.15) is 0 Å². The minimum atomic E-state index is -2.41. The zero-order chi connectivity index (χ0) is 10.2. The Balaban J connectivity index is 0.00000112. The normalized spacial score (nSPS) is 27.9. The molecule has 0 unspecified atom stereocenters. The van der Waals surface area contributed by atoms with Crippen LogP contribution in [0, 0.1) is 0 Å². The van der Waals surface area contributed by atoms with Crippen LogP contribution in [0.3, 0.4) is 0 Å². The number of rotatable bonds is 0. The van der Waals surface area contributed by atoms with Gasteiger partial charge in [0.25, 0.3) is 0 Å². The van der Waals surface area contributed by atoms with Gasteiger partial charge in [0, 0.05) is 38.0 Å². The SMILES string of the molecule is CN1CCNCC12CCC(F)(F)CC2.Cl.Cl. The first-order valence-electron chi connectivity index (χ1n) is 5.34. The average Bonchev–Trinajstić information content (AvgIpc) is 2.15. The molecule has 16 heavy (non-hydrogen) atoms. The number of halogens is 4. The lowest BCUT2D eigenvalue weighted by Gasteiger charge is -2.49. The van der Waals surface area contributed by atoms with Crippen LogP contribution in [-0.4, -0.2) is 43.0 Å². The van der Waals surface area contributed by atoms with Gasteiger partial charge in [0.15, 0.2) is 0 Å². The van der Waals surface area contributed by atoms with Gasteiger partial charge in [-0.15, -0.1) is 24.8 Å². The summed E-state index contributed by atoms with van der Waals surface area (Å²) >= 11 is 0. The highest BCUT2D eigenvalue weighted by atomic mass is 35.5. The van der Waals surface area contributed by atoms with Crippen LogP contribution >= 0.6 is 24.8 Å². The summed E-state index contributed by atoms with van der Waals surface area (Å²) in [4.78, 5) is 2.26. The smallest absolute Gasteiger partial charge is 0.248 e. The van der Waals surface area contributed by atoms with Crippen molar-refractivity contribution >= 4 is 24.8 Å². The lowest BCUT2D eigenvalue weighted by molar-refractivity contribution is -0.0820. The third kappa shape index (κ3) is 3.19. The van der Waals surface area contributed by atoms with E-state index in [0.29, 0.717) is 12.8 Å². The molecule has 2 aliphatic rings. The topological polar surface area (TPSA) is 15.3 Å². The van der Waals surface area contributed by atoms with Crippen LogP contribution in [0.1, 0.15) is 25.7 Å². The fraction of sp³-hybridized carbons (Fsp3) is 1.00. The van der Waals surface area contributed by atoms with Crippen molar-refractivity contribution in [2.24, 2.45) is 0 Å². The predicted octanol–water partition coefficient (Wildman–Crippen LogP) is 2.31. The second-order valence-corrected chi connectivity index (χ2v) is 4.68. The maximum absolute atomic E-state index is 13.0. The largest absolute Gasteiger partial charge is 0.314 e. The summed E-state index contributed by atoms with van der Waals surface area (Å²) in [5.74, 6) is -2.41. The zero-order valence-corrected chi connectivity index (χ0v) is 11.1. The molecule has 6 heteroatoms. The standard InChI is InChI=1S/C10H18F2N2.2ClH/c1-14-7-6-13-8-9(14)2-4-10(11,12)5-3-9;;/h13H,2-8H2,1H3;2*1H. The molecule has 0 aromatic heterocycles. The van der Waals surface area contributed by atoms with Gasteiger partial charge in [0.05, 0.1) is 0 Å². The van der Waals surface area contributed by atoms with Crippen LogP contribution in [0.2, 0.25) is 0 Å². The van der Waals surface area contributed by atoms with Gasteiger partial charge in [0.2, 0.25) is 5.92 Å². The summed E-state index contributed by atoms with van der Waals surface area (Å²) in [5.41, 5.74) is 0.0138. The zero-order valence-electron chi connectivity index (χ0n) is 9.47. The second kappa shape index (κ2) is 5.80. The molecule has 2 rings (SSSR count). The van der Waals surface area contributed by atoms with Crippen LogP contribution in [0.5, 0.6) is 0 Å². The summed E-state index contributed by atoms with van der Waals surface area (Å²) in [6.07, 6.45) is 1.37. The fourth-order valence-corrected chi connectivity index (χ4v) is 2.58. The Morgan fingerprint density at radius 2 is 1.62 bits per heavy atom. The predicted molar refractivity (Wildman–Crippen MR) is 66.1 cm³/mol. The van der Waals surface area contributed by atoms with E-state index in [1.165, 1.54) is 0 Å². The van der Waals surface area contributed by atoms with Crippen molar-refractivity contribution in [2.45, 2.75) is 37.1 Å². The molecular formula is C10H20Cl2F2N2. The number of likely N-dealkylation sites (N-methyl/N-ethyl adjacent to an activating group) is 1. The molecule has 0 bridgehead atoms. The Labute approximate surface area is 108 Å². The monoisotopic (exact) mass is 276 g/mol. The molecule has 1 heterocycles. The summed E-state index contributed by atoms with van der Waals surface area (Å²) in [7, 11) is 2.06. The summed E-state index contributed by atoms with van der Waals surface area (Å²) < 4.78 is 26.1. The maximum atomic E-state index is 13.0. The lowest BCUT2D eigenvalue weighted by Crippen LogP contribution is -2.61. The Bertz CT molecular complexity index is 217. The van der Waals surface area contributed by atoms with Crippen molar-refractivity contribution < 1.29 is 8.78 Å². The van der Waals surface area contributed by atoms with Gasteiger partial charge in [-0.1, -0.05) is 0 Å². The average molecular weight is 277 g/mol. The molecule has 1 spiro atoms. The second-order valence-electron chi connectivity index (χ2n) is 4.68. The van der Waals surface area contributed by atoms with Gasteiger partial charge in [0.1, 0.15) is 0 Å². The molecule has 0 atom stereocenters. The molecular weight excluding hydrogens is 257 g/mol. The van der Waals surface area contributed by atoms with Crippen LogP contribution in [0.15, 0.2) is 0 Å². The van der Waals surface area contributed by atoms with E-state index in [2.05, 4.69) is 17.3 Å². The summed E-state index contributed by atoms with van der Waals surface area (Å²) in [6.45, 7) is 2.83. The lowest BCUT2D eigenvalue weighted by atomic mass is 9.78. The van der Waals surface area contributed by atoms with Crippen LogP contribution in [0.25, 0.3) is 0 Å². The van der Waals surface area contributed by atoms with Crippen LogP contribution < -0.4 is 5.32 Å². The van der Waals surface area contributed by atoms with Crippen molar-refractivity contribution in [3.8, 4) is 0 Å². The van der Waals surface area contributed by atoms with Gasteiger partial charge < -0.3 is 5.32 Å². The third-order valence-electron chi connectivity index (χ3n) is 3.80. The van der Waals surface area contributed by atoms with E-state index in [-0.39, 0.29) is 43.2 Å². The molecule has 1 saturated carbocycles. The highest BCUT2D eigenvalue weighted by molar-refractivity contribution is 5.85. The highest BCUT2D eigenvalue weighted by Crippen LogP contribution is 2.41. The number of nitrogens with one attached hydrogen (secondary N) is 1. The number of alkyl halides is 2. The minimum absolute atomic E-state index is 0. The van der Waals surface area contributed by atoms with Crippen LogP contribution in [0.4, 0.5) is 8.78 Å². The van der Waals surface area contributed by atoms with Crippen molar-refractivity contribution in [3.05, 3.63) is 0 Å². The molecule has 0 aromatic carbocycles. The molecule has 1 aliphatic heterocycles. The molecule has 1 N–H and O–H groups in total. The number of hydrogen-bond donors (Lipinski definition) is 1. The van der Waals surface area contributed by atoms with Crippen molar-refractivity contribution in [3.63, 3.8) is 0 Å². The van der Waals surface area contributed by atoms with Gasteiger partial charge in [-0.3, -0.25) is 4.90 Å². The van der Waals surface area contributed by atoms with E-state index >= 15 is 0 Å². The Kier molecular flexibility index (Phi) is 5.93. The number of piperazine rings is 1. The number of hydrogen-bond acceptors (Lipinski definition) is 2. The van der Waals surface area contributed by atoms with Crippen molar-refractivity contribution in [2.75, 3.05) is 26.7 Å². The molecule has 2 fully saturated rings. The molecule has 1 aliphatic carbocycles. The Hall–Kier alpha value is 0.360. The first-order valence-corrected chi connectivity index (χ1v) is 5.34.